The molecule has 14 heavy (non-hydrogen) atoms. The Labute approximate surface area is 89.5 Å². The predicted molar refractivity (Wildman–Crippen MR) is 54.7 cm³/mol. The molecule has 2 rings (SSSR count). The van der Waals surface area contributed by atoms with Crippen LogP contribution in [-0.2, 0) is 0 Å². The Morgan fingerprint density at radius 3 is 2.86 bits per heavy atom. The fourth-order valence-electron chi connectivity index (χ4n) is 1.18. The van der Waals surface area contributed by atoms with Crippen LogP contribution >= 0.6 is 15.9 Å². The van der Waals surface area contributed by atoms with E-state index >= 15 is 0 Å². The summed E-state index contributed by atoms with van der Waals surface area (Å²) in [5, 5.41) is 9.88. The van der Waals surface area contributed by atoms with Gasteiger partial charge in [-0.05, 0) is 40.2 Å². The molecule has 2 aromatic heterocycles. The minimum Gasteiger partial charge on any atom is -0.466 e. The zero-order valence-electron chi connectivity index (χ0n) is 7.22. The van der Waals surface area contributed by atoms with Crippen LogP contribution in [0.2, 0.25) is 0 Å². The number of rotatable bonds is 2. The van der Waals surface area contributed by atoms with Crippen molar-refractivity contribution in [1.29, 1.82) is 0 Å². The molecule has 0 radical (unpaired) electrons. The van der Waals surface area contributed by atoms with Gasteiger partial charge in [0, 0.05) is 10.7 Å². The number of nitrogens with zero attached hydrogens (tertiary/aromatic N) is 1. The number of aliphatic hydroxyl groups excluding tert-OH is 1. The molecule has 2 aromatic rings. The number of aliphatic hydroxyl groups is 1. The molecular formula is C10H8BrNO2. The van der Waals surface area contributed by atoms with Crippen molar-refractivity contribution in [3.63, 3.8) is 0 Å². The van der Waals surface area contributed by atoms with E-state index in [1.807, 2.05) is 6.07 Å². The fourth-order valence-corrected chi connectivity index (χ4v) is 1.65. The van der Waals surface area contributed by atoms with E-state index in [9.17, 15) is 5.11 Å². The van der Waals surface area contributed by atoms with Crippen LogP contribution in [0.3, 0.4) is 0 Å². The second kappa shape index (κ2) is 3.94. The summed E-state index contributed by atoms with van der Waals surface area (Å²) in [4.78, 5) is 4.08. The molecule has 2 heterocycles. The molecule has 0 aliphatic rings. The van der Waals surface area contributed by atoms with Gasteiger partial charge in [-0.15, -0.1) is 0 Å². The van der Waals surface area contributed by atoms with Crippen molar-refractivity contribution in [3.05, 3.63) is 52.7 Å². The third-order valence-electron chi connectivity index (χ3n) is 1.86. The van der Waals surface area contributed by atoms with Crippen molar-refractivity contribution in [2.24, 2.45) is 0 Å². The molecule has 0 amide bonds. The average Bonchev–Trinajstić information content (AvgIpc) is 2.70. The average molecular weight is 254 g/mol. The normalized spacial score (nSPS) is 12.7. The largest absolute Gasteiger partial charge is 0.466 e. The highest BCUT2D eigenvalue weighted by Crippen LogP contribution is 2.26. The lowest BCUT2D eigenvalue weighted by Crippen LogP contribution is -2.01. The van der Waals surface area contributed by atoms with Crippen LogP contribution < -0.4 is 0 Å². The maximum absolute atomic E-state index is 9.88. The summed E-state index contributed by atoms with van der Waals surface area (Å²) in [6.45, 7) is 0. The van der Waals surface area contributed by atoms with Crippen molar-refractivity contribution in [2.75, 3.05) is 0 Å². The summed E-state index contributed by atoms with van der Waals surface area (Å²) in [6.07, 6.45) is 2.34. The summed E-state index contributed by atoms with van der Waals surface area (Å²) in [5.41, 5.74) is 0.558. The Balaban J connectivity index is 2.37. The van der Waals surface area contributed by atoms with Gasteiger partial charge >= 0.3 is 0 Å². The summed E-state index contributed by atoms with van der Waals surface area (Å²) < 4.78 is 5.86. The number of aromatic nitrogens is 1. The highest BCUT2D eigenvalue weighted by molar-refractivity contribution is 9.10. The first-order valence-electron chi connectivity index (χ1n) is 4.11. The molecule has 0 saturated heterocycles. The summed E-state index contributed by atoms with van der Waals surface area (Å²) in [5.74, 6) is 0.490. The van der Waals surface area contributed by atoms with Crippen molar-refractivity contribution >= 4 is 15.9 Å². The Morgan fingerprint density at radius 1 is 1.36 bits per heavy atom. The van der Waals surface area contributed by atoms with Gasteiger partial charge in [-0.2, -0.15) is 0 Å². The molecule has 0 saturated carbocycles. The van der Waals surface area contributed by atoms with Gasteiger partial charge in [0.15, 0.2) is 6.10 Å². The van der Waals surface area contributed by atoms with Crippen LogP contribution in [0.4, 0.5) is 0 Å². The van der Waals surface area contributed by atoms with Crippen LogP contribution in [0.5, 0.6) is 0 Å². The molecule has 4 heteroatoms. The van der Waals surface area contributed by atoms with Crippen molar-refractivity contribution in [3.8, 4) is 0 Å². The second-order valence-corrected chi connectivity index (χ2v) is 3.64. The maximum Gasteiger partial charge on any atom is 0.154 e. The van der Waals surface area contributed by atoms with Crippen molar-refractivity contribution in [1.82, 2.24) is 4.98 Å². The topological polar surface area (TPSA) is 46.3 Å². The molecule has 0 spiro atoms. The molecule has 0 bridgehead atoms. The first-order chi connectivity index (χ1) is 6.79. The van der Waals surface area contributed by atoms with E-state index in [2.05, 4.69) is 20.9 Å². The van der Waals surface area contributed by atoms with Gasteiger partial charge in [-0.3, -0.25) is 4.98 Å². The standard InChI is InChI=1S/C10H8BrNO2/c11-7-3-1-5-12-9(7)10(13)8-4-2-6-14-8/h1-6,10,13H. The van der Waals surface area contributed by atoms with Gasteiger partial charge in [0.1, 0.15) is 5.76 Å². The zero-order valence-corrected chi connectivity index (χ0v) is 8.81. The summed E-state index contributed by atoms with van der Waals surface area (Å²) in [6, 6.07) is 7.07. The fraction of sp³-hybridized carbons (Fsp3) is 0.100. The predicted octanol–water partition coefficient (Wildman–Crippen LogP) is 2.52. The molecule has 0 aliphatic heterocycles. The highest BCUT2D eigenvalue weighted by atomic mass is 79.9. The molecular weight excluding hydrogens is 246 g/mol. The van der Waals surface area contributed by atoms with E-state index in [0.29, 0.717) is 11.5 Å². The minimum atomic E-state index is -0.819. The lowest BCUT2D eigenvalue weighted by Gasteiger charge is -2.08. The zero-order chi connectivity index (χ0) is 9.97. The number of hydrogen-bond donors (Lipinski definition) is 1. The summed E-state index contributed by atoms with van der Waals surface area (Å²) in [7, 11) is 0. The van der Waals surface area contributed by atoms with Crippen LogP contribution in [0.1, 0.15) is 17.6 Å². The van der Waals surface area contributed by atoms with Gasteiger partial charge in [-0.1, -0.05) is 0 Å². The molecule has 1 N–H and O–H groups in total. The van der Waals surface area contributed by atoms with E-state index in [0.717, 1.165) is 4.47 Å². The highest BCUT2D eigenvalue weighted by Gasteiger charge is 2.16. The third kappa shape index (κ3) is 1.71. The van der Waals surface area contributed by atoms with Crippen LogP contribution in [0.15, 0.2) is 45.6 Å². The van der Waals surface area contributed by atoms with Crippen molar-refractivity contribution in [2.45, 2.75) is 6.10 Å². The number of pyridine rings is 1. The van der Waals surface area contributed by atoms with Gasteiger partial charge in [0.2, 0.25) is 0 Å². The van der Waals surface area contributed by atoms with Gasteiger partial charge in [-0.25, -0.2) is 0 Å². The maximum atomic E-state index is 9.88. The Kier molecular flexibility index (Phi) is 2.65. The lowest BCUT2D eigenvalue weighted by molar-refractivity contribution is 0.184. The Morgan fingerprint density at radius 2 is 2.21 bits per heavy atom. The smallest absolute Gasteiger partial charge is 0.154 e. The molecule has 0 aliphatic carbocycles. The van der Waals surface area contributed by atoms with Crippen LogP contribution in [0, 0.1) is 0 Å². The molecule has 72 valence electrons. The van der Waals surface area contributed by atoms with E-state index in [1.54, 1.807) is 24.4 Å². The van der Waals surface area contributed by atoms with Crippen molar-refractivity contribution < 1.29 is 9.52 Å². The molecule has 3 nitrogen and oxygen atoms in total. The quantitative estimate of drug-likeness (QED) is 0.895. The molecule has 0 aromatic carbocycles. The van der Waals surface area contributed by atoms with Crippen LogP contribution in [0.25, 0.3) is 0 Å². The monoisotopic (exact) mass is 253 g/mol. The minimum absolute atomic E-state index is 0.490. The number of halogens is 1. The molecule has 0 fully saturated rings. The van der Waals surface area contributed by atoms with Gasteiger partial charge in [0.05, 0.1) is 12.0 Å². The van der Waals surface area contributed by atoms with Gasteiger partial charge < -0.3 is 9.52 Å². The van der Waals surface area contributed by atoms with E-state index in [-0.39, 0.29) is 0 Å². The SMILES string of the molecule is OC(c1ccco1)c1ncccc1Br. The van der Waals surface area contributed by atoms with E-state index < -0.39 is 6.10 Å². The Bertz CT molecular complexity index is 414. The van der Waals surface area contributed by atoms with Crippen LogP contribution in [-0.4, -0.2) is 10.1 Å². The molecule has 1 atom stereocenters. The first-order valence-corrected chi connectivity index (χ1v) is 4.90. The lowest BCUT2D eigenvalue weighted by atomic mass is 10.2. The van der Waals surface area contributed by atoms with E-state index in [4.69, 9.17) is 4.42 Å². The Hall–Kier alpha value is -1.13. The number of hydrogen-bond acceptors (Lipinski definition) is 3. The first kappa shape index (κ1) is 9.43. The second-order valence-electron chi connectivity index (χ2n) is 2.79. The number of furan rings is 1. The molecule has 1 unspecified atom stereocenters. The van der Waals surface area contributed by atoms with E-state index in [1.165, 1.54) is 6.26 Å². The third-order valence-corrected chi connectivity index (χ3v) is 2.53. The summed E-state index contributed by atoms with van der Waals surface area (Å²) >= 11 is 3.32. The van der Waals surface area contributed by atoms with Gasteiger partial charge in [0.25, 0.3) is 0 Å².